The Balaban J connectivity index is 2.27. The monoisotopic (exact) mass is 265 g/mol. The van der Waals surface area contributed by atoms with Crippen molar-refractivity contribution in [3.63, 3.8) is 0 Å². The minimum atomic E-state index is -0.555. The summed E-state index contributed by atoms with van der Waals surface area (Å²) >= 11 is 1.52. The second kappa shape index (κ2) is 4.45. The highest BCUT2D eigenvalue weighted by atomic mass is 32.1. The summed E-state index contributed by atoms with van der Waals surface area (Å²) in [6, 6.07) is 3.81. The molecule has 0 unspecified atom stereocenters. The number of nitrogen functional groups attached to an aromatic ring is 1. The zero-order valence-corrected chi connectivity index (χ0v) is 11.3. The number of carbonyl (C=O) groups is 1. The number of rotatable bonds is 1. The summed E-state index contributed by atoms with van der Waals surface area (Å²) in [5.41, 5.74) is 6.36. The maximum absolute atomic E-state index is 11.8. The first kappa shape index (κ1) is 12.6. The van der Waals surface area contributed by atoms with E-state index in [1.807, 2.05) is 17.5 Å². The van der Waals surface area contributed by atoms with E-state index in [1.165, 1.54) is 17.5 Å². The molecule has 0 spiro atoms. The smallest absolute Gasteiger partial charge is 0.435 e. The normalized spacial score (nSPS) is 11.5. The van der Waals surface area contributed by atoms with Crippen molar-refractivity contribution >= 4 is 23.1 Å². The predicted octanol–water partition coefficient (Wildman–Crippen LogP) is 2.98. The van der Waals surface area contributed by atoms with Crippen LogP contribution in [0.5, 0.6) is 0 Å². The first-order valence-electron chi connectivity index (χ1n) is 5.49. The van der Waals surface area contributed by atoms with E-state index in [9.17, 15) is 4.79 Å². The molecule has 0 radical (unpaired) electrons. The van der Waals surface area contributed by atoms with Gasteiger partial charge in [-0.25, -0.2) is 4.79 Å². The van der Waals surface area contributed by atoms with Gasteiger partial charge in [0.25, 0.3) is 0 Å². The van der Waals surface area contributed by atoms with Crippen molar-refractivity contribution in [3.8, 4) is 10.6 Å². The molecule has 0 bridgehead atoms. The van der Waals surface area contributed by atoms with Crippen LogP contribution in [0.3, 0.4) is 0 Å². The van der Waals surface area contributed by atoms with Gasteiger partial charge in [0, 0.05) is 0 Å². The zero-order valence-electron chi connectivity index (χ0n) is 10.5. The average Bonchev–Trinajstić information content (AvgIpc) is 2.82. The summed E-state index contributed by atoms with van der Waals surface area (Å²) in [7, 11) is 0. The molecule has 0 amide bonds. The van der Waals surface area contributed by atoms with Crippen LogP contribution >= 0.6 is 11.3 Å². The third kappa shape index (κ3) is 2.70. The van der Waals surface area contributed by atoms with E-state index in [0.29, 0.717) is 11.4 Å². The Morgan fingerprint density at radius 3 is 2.78 bits per heavy atom. The maximum Gasteiger partial charge on any atom is 0.435 e. The van der Waals surface area contributed by atoms with Crippen LogP contribution in [0, 0.1) is 0 Å². The summed E-state index contributed by atoms with van der Waals surface area (Å²) in [6.07, 6.45) is 0.945. The summed E-state index contributed by atoms with van der Waals surface area (Å²) in [5.74, 6) is 0. The Morgan fingerprint density at radius 2 is 2.22 bits per heavy atom. The van der Waals surface area contributed by atoms with E-state index in [2.05, 4.69) is 5.10 Å². The lowest BCUT2D eigenvalue weighted by Crippen LogP contribution is -2.27. The second-order valence-corrected chi connectivity index (χ2v) is 5.78. The molecule has 96 valence electrons. The molecule has 0 saturated heterocycles. The van der Waals surface area contributed by atoms with Crippen LogP contribution in [-0.2, 0) is 4.74 Å². The first-order chi connectivity index (χ1) is 8.37. The minimum absolute atomic E-state index is 0.461. The van der Waals surface area contributed by atoms with Crippen molar-refractivity contribution in [2.75, 3.05) is 5.73 Å². The van der Waals surface area contributed by atoms with E-state index in [0.717, 1.165) is 9.56 Å². The van der Waals surface area contributed by atoms with Gasteiger partial charge in [-0.3, -0.25) is 0 Å². The predicted molar refractivity (Wildman–Crippen MR) is 71.6 cm³/mol. The third-order valence-corrected chi connectivity index (χ3v) is 2.95. The second-order valence-electron chi connectivity index (χ2n) is 4.84. The molecule has 0 saturated carbocycles. The number of ether oxygens (including phenoxy) is 1. The van der Waals surface area contributed by atoms with Gasteiger partial charge in [-0.15, -0.1) is 11.3 Å². The van der Waals surface area contributed by atoms with E-state index < -0.39 is 11.7 Å². The number of carbonyl (C=O) groups excluding carboxylic acids is 1. The Labute approximate surface area is 109 Å². The summed E-state index contributed by atoms with van der Waals surface area (Å²) in [5, 5.41) is 6.10. The maximum atomic E-state index is 11.8. The fraction of sp³-hybridized carbons (Fsp3) is 0.333. The van der Waals surface area contributed by atoms with E-state index in [4.69, 9.17) is 10.5 Å². The quantitative estimate of drug-likeness (QED) is 0.860. The first-order valence-corrected chi connectivity index (χ1v) is 6.37. The summed E-state index contributed by atoms with van der Waals surface area (Å²) in [4.78, 5) is 12.7. The van der Waals surface area contributed by atoms with Gasteiger partial charge in [-0.1, -0.05) is 6.07 Å². The van der Waals surface area contributed by atoms with Crippen molar-refractivity contribution < 1.29 is 9.53 Å². The largest absolute Gasteiger partial charge is 0.442 e. The Morgan fingerprint density at radius 1 is 1.50 bits per heavy atom. The van der Waals surface area contributed by atoms with E-state index in [-0.39, 0.29) is 0 Å². The number of hydrogen-bond donors (Lipinski definition) is 1. The molecule has 0 fully saturated rings. The van der Waals surface area contributed by atoms with Crippen LogP contribution in [0.2, 0.25) is 0 Å². The molecule has 5 nitrogen and oxygen atoms in total. The molecule has 0 aliphatic heterocycles. The van der Waals surface area contributed by atoms with Crippen LogP contribution < -0.4 is 5.73 Å². The molecular weight excluding hydrogens is 250 g/mol. The molecule has 2 N–H and O–H groups in total. The molecule has 2 rings (SSSR count). The molecule has 18 heavy (non-hydrogen) atoms. The fourth-order valence-corrected chi connectivity index (χ4v) is 2.13. The van der Waals surface area contributed by atoms with Crippen molar-refractivity contribution in [1.29, 1.82) is 0 Å². The SMILES string of the molecule is CC(C)(C)OC(=O)n1cc(N)c(-c2cccs2)n1. The zero-order chi connectivity index (χ0) is 13.3. The Hall–Kier alpha value is -1.82. The van der Waals surface area contributed by atoms with Crippen LogP contribution in [0.25, 0.3) is 10.6 Å². The number of hydrogen-bond acceptors (Lipinski definition) is 5. The van der Waals surface area contributed by atoms with Crippen molar-refractivity contribution in [2.24, 2.45) is 0 Å². The highest BCUT2D eigenvalue weighted by Crippen LogP contribution is 2.28. The van der Waals surface area contributed by atoms with Crippen LogP contribution in [0.4, 0.5) is 10.5 Å². The lowest BCUT2D eigenvalue weighted by molar-refractivity contribution is 0.0515. The van der Waals surface area contributed by atoms with Gasteiger partial charge in [0.2, 0.25) is 0 Å². The molecule has 0 aromatic carbocycles. The molecule has 2 aromatic rings. The molecule has 2 aromatic heterocycles. The van der Waals surface area contributed by atoms with Crippen molar-refractivity contribution in [1.82, 2.24) is 9.78 Å². The van der Waals surface area contributed by atoms with Gasteiger partial charge in [-0.2, -0.15) is 9.78 Å². The highest BCUT2D eigenvalue weighted by molar-refractivity contribution is 7.13. The third-order valence-electron chi connectivity index (χ3n) is 2.08. The Kier molecular flexibility index (Phi) is 3.13. The molecule has 0 aliphatic carbocycles. The van der Waals surface area contributed by atoms with Gasteiger partial charge in [0.1, 0.15) is 11.3 Å². The number of thiophene rings is 1. The van der Waals surface area contributed by atoms with Crippen LogP contribution in [0.1, 0.15) is 20.8 Å². The molecule has 2 heterocycles. The van der Waals surface area contributed by atoms with Crippen LogP contribution in [0.15, 0.2) is 23.7 Å². The van der Waals surface area contributed by atoms with Gasteiger partial charge in [-0.05, 0) is 32.2 Å². The van der Waals surface area contributed by atoms with Gasteiger partial charge >= 0.3 is 6.09 Å². The minimum Gasteiger partial charge on any atom is -0.442 e. The Bertz CT molecular complexity index is 552. The fourth-order valence-electron chi connectivity index (χ4n) is 1.39. The summed E-state index contributed by atoms with van der Waals surface area (Å²) in [6.45, 7) is 5.41. The van der Waals surface area contributed by atoms with E-state index >= 15 is 0 Å². The lowest BCUT2D eigenvalue weighted by atomic mass is 10.2. The number of nitrogens with two attached hydrogens (primary N) is 1. The van der Waals surface area contributed by atoms with Gasteiger partial charge in [0.15, 0.2) is 0 Å². The molecule has 0 atom stereocenters. The molecule has 0 aliphatic rings. The molecular formula is C12H15N3O2S. The van der Waals surface area contributed by atoms with E-state index in [1.54, 1.807) is 20.8 Å². The molecule has 6 heteroatoms. The topological polar surface area (TPSA) is 70.1 Å². The van der Waals surface area contributed by atoms with Crippen molar-refractivity contribution in [2.45, 2.75) is 26.4 Å². The number of anilines is 1. The average molecular weight is 265 g/mol. The van der Waals surface area contributed by atoms with Crippen LogP contribution in [-0.4, -0.2) is 21.5 Å². The summed E-state index contributed by atoms with van der Waals surface area (Å²) < 4.78 is 6.35. The van der Waals surface area contributed by atoms with Gasteiger partial charge < -0.3 is 10.5 Å². The standard InChI is InChI=1S/C12H15N3O2S/c1-12(2,3)17-11(16)15-7-8(13)10(14-15)9-5-4-6-18-9/h4-7H,13H2,1-3H3. The highest BCUT2D eigenvalue weighted by Gasteiger charge is 2.20. The van der Waals surface area contributed by atoms with Gasteiger partial charge in [0.05, 0.1) is 16.8 Å². The number of aromatic nitrogens is 2. The van der Waals surface area contributed by atoms with Crippen molar-refractivity contribution in [3.05, 3.63) is 23.7 Å². The number of nitrogens with zero attached hydrogens (tertiary/aromatic N) is 2. The lowest BCUT2D eigenvalue weighted by Gasteiger charge is -2.18.